The summed E-state index contributed by atoms with van der Waals surface area (Å²) >= 11 is 5.82. The van der Waals surface area contributed by atoms with E-state index in [9.17, 15) is 4.79 Å². The summed E-state index contributed by atoms with van der Waals surface area (Å²) in [5.41, 5.74) is 1.20. The Bertz CT molecular complexity index is 594. The Kier molecular flexibility index (Phi) is 4.64. The molecule has 3 nitrogen and oxygen atoms in total. The predicted molar refractivity (Wildman–Crippen MR) is 81.6 cm³/mol. The van der Waals surface area contributed by atoms with E-state index >= 15 is 0 Å². The Hall–Kier alpha value is -2.00. The third-order valence-electron chi connectivity index (χ3n) is 2.60. The standard InChI is InChI=1S/C16H16ClNO2/c1-11(2)20-15-6-4-3-5-14(15)16(19)18-13-9-7-12(17)8-10-13/h3-11H,1-2H3,(H,18,19). The molecule has 0 aliphatic carbocycles. The molecule has 0 aliphatic rings. The van der Waals surface area contributed by atoms with Crippen LogP contribution in [0.1, 0.15) is 24.2 Å². The van der Waals surface area contributed by atoms with E-state index in [1.54, 1.807) is 36.4 Å². The molecule has 0 fully saturated rings. The number of nitrogens with one attached hydrogen (secondary N) is 1. The van der Waals surface area contributed by atoms with Gasteiger partial charge in [0.15, 0.2) is 0 Å². The third kappa shape index (κ3) is 3.75. The number of amides is 1. The lowest BCUT2D eigenvalue weighted by Gasteiger charge is -2.14. The van der Waals surface area contributed by atoms with Crippen molar-refractivity contribution in [2.45, 2.75) is 20.0 Å². The molecule has 0 heterocycles. The Morgan fingerprint density at radius 1 is 1.10 bits per heavy atom. The zero-order valence-corrected chi connectivity index (χ0v) is 12.1. The van der Waals surface area contributed by atoms with Crippen molar-refractivity contribution in [1.82, 2.24) is 0 Å². The number of anilines is 1. The number of carbonyl (C=O) groups is 1. The van der Waals surface area contributed by atoms with E-state index in [0.29, 0.717) is 22.0 Å². The first-order valence-electron chi connectivity index (χ1n) is 6.39. The summed E-state index contributed by atoms with van der Waals surface area (Å²) in [7, 11) is 0. The third-order valence-corrected chi connectivity index (χ3v) is 2.85. The van der Waals surface area contributed by atoms with Gasteiger partial charge >= 0.3 is 0 Å². The molecule has 4 heteroatoms. The maximum absolute atomic E-state index is 12.3. The summed E-state index contributed by atoms with van der Waals surface area (Å²) in [6, 6.07) is 14.2. The van der Waals surface area contributed by atoms with Gasteiger partial charge in [-0.05, 0) is 50.2 Å². The van der Waals surface area contributed by atoms with E-state index in [-0.39, 0.29) is 12.0 Å². The van der Waals surface area contributed by atoms with Gasteiger partial charge in [0.2, 0.25) is 0 Å². The van der Waals surface area contributed by atoms with Gasteiger partial charge in [0.05, 0.1) is 11.7 Å². The number of halogens is 1. The highest BCUT2D eigenvalue weighted by atomic mass is 35.5. The van der Waals surface area contributed by atoms with Crippen LogP contribution < -0.4 is 10.1 Å². The zero-order valence-electron chi connectivity index (χ0n) is 11.4. The van der Waals surface area contributed by atoms with Gasteiger partial charge in [-0.3, -0.25) is 4.79 Å². The molecular formula is C16H16ClNO2. The first-order valence-corrected chi connectivity index (χ1v) is 6.76. The highest BCUT2D eigenvalue weighted by Crippen LogP contribution is 2.21. The molecule has 20 heavy (non-hydrogen) atoms. The topological polar surface area (TPSA) is 38.3 Å². The van der Waals surface area contributed by atoms with Crippen molar-refractivity contribution in [2.24, 2.45) is 0 Å². The minimum Gasteiger partial charge on any atom is -0.490 e. The minimum absolute atomic E-state index is 0.0134. The summed E-state index contributed by atoms with van der Waals surface area (Å²) in [6.07, 6.45) is 0.0134. The molecule has 2 aromatic rings. The van der Waals surface area contributed by atoms with Crippen LogP contribution in [0.2, 0.25) is 5.02 Å². The predicted octanol–water partition coefficient (Wildman–Crippen LogP) is 4.38. The highest BCUT2D eigenvalue weighted by Gasteiger charge is 2.13. The van der Waals surface area contributed by atoms with Crippen molar-refractivity contribution in [1.29, 1.82) is 0 Å². The molecule has 0 atom stereocenters. The van der Waals surface area contributed by atoms with Crippen molar-refractivity contribution in [3.8, 4) is 5.75 Å². The summed E-state index contributed by atoms with van der Waals surface area (Å²) in [6.45, 7) is 3.85. The second-order valence-corrected chi connectivity index (χ2v) is 5.06. The van der Waals surface area contributed by atoms with Crippen molar-refractivity contribution >= 4 is 23.2 Å². The summed E-state index contributed by atoms with van der Waals surface area (Å²) in [5, 5.41) is 3.45. The van der Waals surface area contributed by atoms with Crippen LogP contribution >= 0.6 is 11.6 Å². The number of carbonyl (C=O) groups excluding carboxylic acids is 1. The first kappa shape index (κ1) is 14.4. The Morgan fingerprint density at radius 3 is 2.40 bits per heavy atom. The van der Waals surface area contributed by atoms with E-state index in [2.05, 4.69) is 5.32 Å². The van der Waals surface area contributed by atoms with Gasteiger partial charge < -0.3 is 10.1 Å². The number of hydrogen-bond acceptors (Lipinski definition) is 2. The number of ether oxygens (including phenoxy) is 1. The van der Waals surface area contributed by atoms with Crippen molar-refractivity contribution in [2.75, 3.05) is 5.32 Å². The lowest BCUT2D eigenvalue weighted by atomic mass is 10.1. The SMILES string of the molecule is CC(C)Oc1ccccc1C(=O)Nc1ccc(Cl)cc1. The minimum atomic E-state index is -0.205. The van der Waals surface area contributed by atoms with Crippen LogP contribution in [-0.4, -0.2) is 12.0 Å². The maximum atomic E-state index is 12.3. The first-order chi connectivity index (χ1) is 9.56. The fraction of sp³-hybridized carbons (Fsp3) is 0.188. The van der Waals surface area contributed by atoms with E-state index in [4.69, 9.17) is 16.3 Å². The van der Waals surface area contributed by atoms with Crippen molar-refractivity contribution < 1.29 is 9.53 Å². The zero-order chi connectivity index (χ0) is 14.5. The smallest absolute Gasteiger partial charge is 0.259 e. The summed E-state index contributed by atoms with van der Waals surface area (Å²) in [4.78, 5) is 12.3. The number of rotatable bonds is 4. The molecule has 0 radical (unpaired) electrons. The lowest BCUT2D eigenvalue weighted by molar-refractivity contribution is 0.102. The molecule has 2 rings (SSSR count). The molecule has 0 saturated carbocycles. The van der Waals surface area contributed by atoms with Gasteiger partial charge in [-0.15, -0.1) is 0 Å². The van der Waals surface area contributed by atoms with Gasteiger partial charge in [0.25, 0.3) is 5.91 Å². The van der Waals surface area contributed by atoms with E-state index in [1.807, 2.05) is 26.0 Å². The quantitative estimate of drug-likeness (QED) is 0.907. The second-order valence-electron chi connectivity index (χ2n) is 4.62. The number of hydrogen-bond donors (Lipinski definition) is 1. The van der Waals surface area contributed by atoms with E-state index < -0.39 is 0 Å². The lowest BCUT2D eigenvalue weighted by Crippen LogP contribution is -2.15. The largest absolute Gasteiger partial charge is 0.490 e. The molecule has 1 N–H and O–H groups in total. The fourth-order valence-electron chi connectivity index (χ4n) is 1.74. The normalized spacial score (nSPS) is 10.4. The monoisotopic (exact) mass is 289 g/mol. The molecule has 0 bridgehead atoms. The number of para-hydroxylation sites is 1. The van der Waals surface area contributed by atoms with Crippen molar-refractivity contribution in [3.05, 3.63) is 59.1 Å². The molecule has 0 saturated heterocycles. The van der Waals surface area contributed by atoms with Crippen LogP contribution in [0.15, 0.2) is 48.5 Å². The van der Waals surface area contributed by atoms with Crippen LogP contribution in [0, 0.1) is 0 Å². The molecule has 1 amide bonds. The maximum Gasteiger partial charge on any atom is 0.259 e. The molecule has 0 spiro atoms. The van der Waals surface area contributed by atoms with Crippen LogP contribution in [-0.2, 0) is 0 Å². The highest BCUT2D eigenvalue weighted by molar-refractivity contribution is 6.30. The van der Waals surface area contributed by atoms with Crippen LogP contribution in [0.4, 0.5) is 5.69 Å². The second kappa shape index (κ2) is 6.44. The van der Waals surface area contributed by atoms with Crippen LogP contribution in [0.3, 0.4) is 0 Å². The van der Waals surface area contributed by atoms with Gasteiger partial charge in [0, 0.05) is 10.7 Å². The Morgan fingerprint density at radius 2 is 1.75 bits per heavy atom. The van der Waals surface area contributed by atoms with E-state index in [1.165, 1.54) is 0 Å². The number of benzene rings is 2. The molecule has 0 unspecified atom stereocenters. The van der Waals surface area contributed by atoms with Crippen molar-refractivity contribution in [3.63, 3.8) is 0 Å². The molecule has 2 aromatic carbocycles. The average molecular weight is 290 g/mol. The van der Waals surface area contributed by atoms with Gasteiger partial charge in [-0.1, -0.05) is 23.7 Å². The van der Waals surface area contributed by atoms with Gasteiger partial charge in [0.1, 0.15) is 5.75 Å². The van der Waals surface area contributed by atoms with Gasteiger partial charge in [-0.25, -0.2) is 0 Å². The molecule has 0 aromatic heterocycles. The average Bonchev–Trinajstić information content (AvgIpc) is 2.41. The van der Waals surface area contributed by atoms with Crippen LogP contribution in [0.5, 0.6) is 5.75 Å². The molecule has 104 valence electrons. The Labute approximate surface area is 123 Å². The summed E-state index contributed by atoms with van der Waals surface area (Å²) in [5.74, 6) is 0.373. The van der Waals surface area contributed by atoms with Crippen LogP contribution in [0.25, 0.3) is 0 Å². The summed E-state index contributed by atoms with van der Waals surface area (Å²) < 4.78 is 5.64. The fourth-order valence-corrected chi connectivity index (χ4v) is 1.87. The molecular weight excluding hydrogens is 274 g/mol. The van der Waals surface area contributed by atoms with Gasteiger partial charge in [-0.2, -0.15) is 0 Å². The molecule has 0 aliphatic heterocycles. The van der Waals surface area contributed by atoms with E-state index in [0.717, 1.165) is 0 Å². The Balaban J connectivity index is 2.18.